The van der Waals surface area contributed by atoms with Crippen molar-refractivity contribution < 1.29 is 17.7 Å². The third-order valence-corrected chi connectivity index (χ3v) is 5.72. The van der Waals surface area contributed by atoms with Gasteiger partial charge in [0.25, 0.3) is 0 Å². The van der Waals surface area contributed by atoms with E-state index in [1.165, 1.54) is 11.6 Å². The molecule has 1 saturated heterocycles. The van der Waals surface area contributed by atoms with E-state index in [9.17, 15) is 13.2 Å². The molecule has 0 radical (unpaired) electrons. The summed E-state index contributed by atoms with van der Waals surface area (Å²) >= 11 is 0. The van der Waals surface area contributed by atoms with E-state index in [4.69, 9.17) is 4.52 Å². The smallest absolute Gasteiger partial charge is 0.339 e. The van der Waals surface area contributed by atoms with Crippen LogP contribution in [0.1, 0.15) is 23.4 Å². The van der Waals surface area contributed by atoms with Crippen molar-refractivity contribution in [2.75, 3.05) is 39.3 Å². The van der Waals surface area contributed by atoms with E-state index in [0.29, 0.717) is 17.9 Å². The Balaban J connectivity index is 1.18. The van der Waals surface area contributed by atoms with Crippen molar-refractivity contribution in [1.82, 2.24) is 19.9 Å². The Morgan fingerprint density at radius 1 is 0.939 bits per heavy atom. The lowest BCUT2D eigenvalue weighted by Gasteiger charge is -2.34. The highest BCUT2D eigenvalue weighted by Crippen LogP contribution is 2.31. The van der Waals surface area contributed by atoms with Crippen molar-refractivity contribution in [1.29, 1.82) is 0 Å². The quantitative estimate of drug-likeness (QED) is 0.476. The van der Waals surface area contributed by atoms with Gasteiger partial charge in [-0.2, -0.15) is 18.2 Å². The molecule has 0 amide bonds. The molecule has 8 heteroatoms. The van der Waals surface area contributed by atoms with Crippen molar-refractivity contribution >= 4 is 6.08 Å². The molecule has 1 aliphatic rings. The fourth-order valence-electron chi connectivity index (χ4n) is 3.86. The van der Waals surface area contributed by atoms with Gasteiger partial charge in [-0.05, 0) is 30.7 Å². The Bertz CT molecular complexity index is 1040. The molecule has 0 bridgehead atoms. The number of hydrogen-bond donors (Lipinski definition) is 0. The summed E-state index contributed by atoms with van der Waals surface area (Å²) in [6.45, 7) is 5.95. The van der Waals surface area contributed by atoms with Gasteiger partial charge in [0, 0.05) is 44.7 Å². The van der Waals surface area contributed by atoms with E-state index in [0.717, 1.165) is 57.8 Å². The molecule has 0 aliphatic carbocycles. The summed E-state index contributed by atoms with van der Waals surface area (Å²) < 4.78 is 44.0. The largest absolute Gasteiger partial charge is 0.416 e. The average Bonchev–Trinajstić information content (AvgIpc) is 3.29. The topological polar surface area (TPSA) is 45.4 Å². The first-order valence-corrected chi connectivity index (χ1v) is 11.1. The second-order valence-corrected chi connectivity index (χ2v) is 8.15. The van der Waals surface area contributed by atoms with Crippen LogP contribution >= 0.6 is 0 Å². The van der Waals surface area contributed by atoms with Crippen molar-refractivity contribution in [2.45, 2.75) is 19.0 Å². The number of nitrogens with zero attached hydrogens (tertiary/aromatic N) is 4. The molecule has 0 saturated carbocycles. The molecular formula is C25H27F3N4O. The van der Waals surface area contributed by atoms with Crippen molar-refractivity contribution in [3.05, 3.63) is 77.7 Å². The summed E-state index contributed by atoms with van der Waals surface area (Å²) in [7, 11) is 0. The molecule has 1 aromatic heterocycles. The number of halogens is 3. The Morgan fingerprint density at radius 2 is 1.70 bits per heavy atom. The van der Waals surface area contributed by atoms with Gasteiger partial charge < -0.3 is 9.42 Å². The SMILES string of the molecule is FC(F)(F)c1cccc(-c2noc(CCCN3CCN(CC=Cc4ccccc4)CC3)n2)c1. The van der Waals surface area contributed by atoms with Gasteiger partial charge in [0.05, 0.1) is 5.56 Å². The summed E-state index contributed by atoms with van der Waals surface area (Å²) in [5.74, 6) is 0.639. The van der Waals surface area contributed by atoms with Crippen LogP contribution in [0.4, 0.5) is 13.2 Å². The Morgan fingerprint density at radius 3 is 2.45 bits per heavy atom. The summed E-state index contributed by atoms with van der Waals surface area (Å²) in [5, 5.41) is 3.86. The lowest BCUT2D eigenvalue weighted by Crippen LogP contribution is -2.46. The van der Waals surface area contributed by atoms with Crippen LogP contribution in [0.2, 0.25) is 0 Å². The van der Waals surface area contributed by atoms with Gasteiger partial charge in [0.15, 0.2) is 0 Å². The lowest BCUT2D eigenvalue weighted by atomic mass is 10.1. The number of piperazine rings is 1. The molecule has 3 aromatic rings. The normalized spacial score (nSPS) is 16.0. The molecule has 4 rings (SSSR count). The van der Waals surface area contributed by atoms with Crippen LogP contribution in [0.3, 0.4) is 0 Å². The zero-order chi connectivity index (χ0) is 23.1. The number of aryl methyl sites for hydroxylation is 1. The first-order valence-electron chi connectivity index (χ1n) is 11.1. The van der Waals surface area contributed by atoms with Crippen LogP contribution in [0.15, 0.2) is 65.2 Å². The van der Waals surface area contributed by atoms with Gasteiger partial charge in [0.1, 0.15) is 0 Å². The first kappa shape index (κ1) is 23.2. The van der Waals surface area contributed by atoms with E-state index in [1.54, 1.807) is 6.07 Å². The second kappa shape index (κ2) is 10.8. The van der Waals surface area contributed by atoms with Crippen LogP contribution in [-0.4, -0.2) is 59.2 Å². The molecule has 33 heavy (non-hydrogen) atoms. The minimum absolute atomic E-state index is 0.188. The maximum absolute atomic E-state index is 12.9. The Labute approximate surface area is 191 Å². The van der Waals surface area contributed by atoms with Crippen molar-refractivity contribution in [2.24, 2.45) is 0 Å². The predicted octanol–water partition coefficient (Wildman–Crippen LogP) is 5.02. The summed E-state index contributed by atoms with van der Waals surface area (Å²) in [6, 6.07) is 15.3. The molecule has 2 heterocycles. The van der Waals surface area contributed by atoms with Crippen LogP contribution in [0.25, 0.3) is 17.5 Å². The highest BCUT2D eigenvalue weighted by Gasteiger charge is 2.30. The fourth-order valence-corrected chi connectivity index (χ4v) is 3.86. The van der Waals surface area contributed by atoms with Gasteiger partial charge in [-0.1, -0.05) is 59.8 Å². The van der Waals surface area contributed by atoms with E-state index in [-0.39, 0.29) is 5.82 Å². The third kappa shape index (κ3) is 6.76. The molecule has 2 aromatic carbocycles. The fraction of sp³-hybridized carbons (Fsp3) is 0.360. The Kier molecular flexibility index (Phi) is 7.57. The highest BCUT2D eigenvalue weighted by atomic mass is 19.4. The summed E-state index contributed by atoms with van der Waals surface area (Å²) in [6.07, 6.45) is 1.43. The summed E-state index contributed by atoms with van der Waals surface area (Å²) in [4.78, 5) is 9.14. The Hall–Kier alpha value is -2.97. The zero-order valence-corrected chi connectivity index (χ0v) is 18.3. The predicted molar refractivity (Wildman–Crippen MR) is 121 cm³/mol. The maximum atomic E-state index is 12.9. The van der Waals surface area contributed by atoms with E-state index < -0.39 is 11.7 Å². The monoisotopic (exact) mass is 456 g/mol. The van der Waals surface area contributed by atoms with Crippen molar-refractivity contribution in [3.8, 4) is 11.4 Å². The molecule has 0 spiro atoms. The van der Waals surface area contributed by atoms with Crippen molar-refractivity contribution in [3.63, 3.8) is 0 Å². The van der Waals surface area contributed by atoms with Gasteiger partial charge in [0.2, 0.25) is 11.7 Å². The van der Waals surface area contributed by atoms with Crippen LogP contribution in [0.5, 0.6) is 0 Å². The molecule has 0 N–H and O–H groups in total. The van der Waals surface area contributed by atoms with Gasteiger partial charge in [-0.15, -0.1) is 0 Å². The van der Waals surface area contributed by atoms with E-state index in [2.05, 4.69) is 44.2 Å². The summed E-state index contributed by atoms with van der Waals surface area (Å²) in [5.41, 5.74) is 0.798. The van der Waals surface area contributed by atoms with E-state index in [1.807, 2.05) is 18.2 Å². The average molecular weight is 457 g/mol. The first-order chi connectivity index (χ1) is 16.0. The third-order valence-electron chi connectivity index (χ3n) is 5.72. The molecule has 1 aliphatic heterocycles. The van der Waals surface area contributed by atoms with Gasteiger partial charge in [-0.25, -0.2) is 0 Å². The van der Waals surface area contributed by atoms with Gasteiger partial charge in [-0.3, -0.25) is 4.90 Å². The van der Waals surface area contributed by atoms with Crippen LogP contribution < -0.4 is 0 Å². The molecule has 5 nitrogen and oxygen atoms in total. The highest BCUT2D eigenvalue weighted by molar-refractivity contribution is 5.55. The standard InChI is InChI=1S/C25H27F3N4O/c26-25(27,28)22-11-4-10-21(19-22)24-29-23(33-30-24)12-6-14-32-17-15-31(16-18-32)13-5-9-20-7-2-1-3-8-20/h1-5,7-11,19H,6,12-18H2. The number of hydrogen-bond acceptors (Lipinski definition) is 5. The lowest BCUT2D eigenvalue weighted by molar-refractivity contribution is -0.137. The molecule has 174 valence electrons. The zero-order valence-electron chi connectivity index (χ0n) is 18.3. The van der Waals surface area contributed by atoms with E-state index >= 15 is 0 Å². The van der Waals surface area contributed by atoms with Crippen LogP contribution in [0, 0.1) is 0 Å². The number of alkyl halides is 3. The van der Waals surface area contributed by atoms with Gasteiger partial charge >= 0.3 is 6.18 Å². The molecule has 1 fully saturated rings. The molecule has 0 unspecified atom stereocenters. The maximum Gasteiger partial charge on any atom is 0.416 e. The second-order valence-electron chi connectivity index (χ2n) is 8.15. The molecule has 0 atom stereocenters. The minimum Gasteiger partial charge on any atom is -0.339 e. The molecular weight excluding hydrogens is 429 g/mol. The number of aromatic nitrogens is 2. The number of rotatable bonds is 8. The van der Waals surface area contributed by atoms with Crippen LogP contribution in [-0.2, 0) is 12.6 Å². The number of benzene rings is 2. The minimum atomic E-state index is -4.40.